The molecule has 6 nitrogen and oxygen atoms in total. The SMILES string of the molecule is CC(C)c1cnc(NC(=O)N2CCC[C@H](C3(C)OCCO3)C2)s1. The quantitative estimate of drug-likeness (QED) is 0.918. The molecule has 0 aliphatic carbocycles. The minimum atomic E-state index is -0.551. The van der Waals surface area contributed by atoms with Gasteiger partial charge in [0.1, 0.15) is 0 Å². The Morgan fingerprint density at radius 1 is 1.48 bits per heavy atom. The number of rotatable bonds is 3. The normalized spacial score (nSPS) is 24.2. The Morgan fingerprint density at radius 2 is 2.22 bits per heavy atom. The van der Waals surface area contributed by atoms with E-state index in [0.29, 0.717) is 30.8 Å². The Hall–Kier alpha value is -1.18. The summed E-state index contributed by atoms with van der Waals surface area (Å²) >= 11 is 1.54. The van der Waals surface area contributed by atoms with Gasteiger partial charge >= 0.3 is 6.03 Å². The minimum absolute atomic E-state index is 0.0825. The highest BCUT2D eigenvalue weighted by Crippen LogP contribution is 2.34. The number of nitrogens with one attached hydrogen (secondary N) is 1. The number of piperidine rings is 1. The number of hydrogen-bond acceptors (Lipinski definition) is 5. The second kappa shape index (κ2) is 6.75. The van der Waals surface area contributed by atoms with Crippen LogP contribution in [0.1, 0.15) is 44.4 Å². The van der Waals surface area contributed by atoms with Crippen molar-refractivity contribution >= 4 is 22.5 Å². The summed E-state index contributed by atoms with van der Waals surface area (Å²) < 4.78 is 11.5. The molecule has 0 saturated carbocycles. The highest BCUT2D eigenvalue weighted by atomic mass is 32.1. The average molecular weight is 339 g/mol. The molecule has 2 amide bonds. The van der Waals surface area contributed by atoms with Crippen molar-refractivity contribution < 1.29 is 14.3 Å². The second-order valence-electron chi connectivity index (χ2n) is 6.65. The molecular formula is C16H25N3O3S. The zero-order valence-electron chi connectivity index (χ0n) is 14.0. The summed E-state index contributed by atoms with van der Waals surface area (Å²) in [5.41, 5.74) is 0. The molecule has 1 aromatic heterocycles. The van der Waals surface area contributed by atoms with Gasteiger partial charge in [-0.2, -0.15) is 0 Å². The maximum atomic E-state index is 12.5. The summed E-state index contributed by atoms with van der Waals surface area (Å²) in [7, 11) is 0. The Labute approximate surface area is 141 Å². The number of thiazole rings is 1. The first-order valence-electron chi connectivity index (χ1n) is 8.27. The second-order valence-corrected chi connectivity index (χ2v) is 7.71. The third kappa shape index (κ3) is 3.67. The topological polar surface area (TPSA) is 63.7 Å². The number of hydrogen-bond donors (Lipinski definition) is 1. The van der Waals surface area contributed by atoms with Crippen molar-refractivity contribution in [1.29, 1.82) is 0 Å². The van der Waals surface area contributed by atoms with Gasteiger partial charge in [-0.25, -0.2) is 9.78 Å². The molecule has 3 heterocycles. The van der Waals surface area contributed by atoms with Crippen molar-refractivity contribution in [2.45, 2.75) is 45.3 Å². The molecular weight excluding hydrogens is 314 g/mol. The molecule has 7 heteroatoms. The molecule has 1 N–H and O–H groups in total. The summed E-state index contributed by atoms with van der Waals surface area (Å²) in [6.45, 7) is 8.92. The van der Waals surface area contributed by atoms with Crippen LogP contribution < -0.4 is 5.32 Å². The van der Waals surface area contributed by atoms with Crippen LogP contribution in [0.4, 0.5) is 9.93 Å². The van der Waals surface area contributed by atoms with Crippen LogP contribution in [-0.2, 0) is 9.47 Å². The molecule has 0 spiro atoms. The molecule has 1 aromatic rings. The van der Waals surface area contributed by atoms with Gasteiger partial charge in [0.2, 0.25) is 0 Å². The third-order valence-electron chi connectivity index (χ3n) is 4.62. The Kier molecular flexibility index (Phi) is 4.89. The van der Waals surface area contributed by atoms with E-state index in [0.717, 1.165) is 19.4 Å². The van der Waals surface area contributed by atoms with Gasteiger partial charge in [-0.3, -0.25) is 5.32 Å². The molecule has 0 bridgehead atoms. The van der Waals surface area contributed by atoms with Crippen molar-refractivity contribution in [3.63, 3.8) is 0 Å². The van der Waals surface area contributed by atoms with Crippen LogP contribution in [0.25, 0.3) is 0 Å². The number of aromatic nitrogens is 1. The lowest BCUT2D eigenvalue weighted by atomic mass is 9.90. The molecule has 3 rings (SSSR count). The van der Waals surface area contributed by atoms with Gasteiger partial charge in [-0.1, -0.05) is 13.8 Å². The fourth-order valence-electron chi connectivity index (χ4n) is 3.14. The first-order chi connectivity index (χ1) is 11.0. The van der Waals surface area contributed by atoms with Gasteiger partial charge in [0, 0.05) is 30.1 Å². The standard InChI is InChI=1S/C16H25N3O3S/c1-11(2)13-9-17-14(23-13)18-15(20)19-6-4-5-12(10-19)16(3)21-7-8-22-16/h9,11-12H,4-8,10H2,1-3H3,(H,17,18,20)/t12-/m0/s1. The van der Waals surface area contributed by atoms with E-state index in [-0.39, 0.29) is 11.9 Å². The first kappa shape index (κ1) is 16.7. The molecule has 0 unspecified atom stereocenters. The van der Waals surface area contributed by atoms with Gasteiger partial charge in [0.15, 0.2) is 10.9 Å². The van der Waals surface area contributed by atoms with E-state index >= 15 is 0 Å². The molecule has 128 valence electrons. The molecule has 23 heavy (non-hydrogen) atoms. The lowest BCUT2D eigenvalue weighted by Crippen LogP contribution is -2.49. The Bertz CT molecular complexity index is 555. The fourth-order valence-corrected chi connectivity index (χ4v) is 3.95. The maximum Gasteiger partial charge on any atom is 0.323 e. The molecule has 2 aliphatic rings. The van der Waals surface area contributed by atoms with Crippen molar-refractivity contribution in [2.75, 3.05) is 31.6 Å². The predicted octanol–water partition coefficient (Wildman–Crippen LogP) is 3.27. The van der Waals surface area contributed by atoms with Crippen molar-refractivity contribution in [1.82, 2.24) is 9.88 Å². The number of likely N-dealkylation sites (tertiary alicyclic amines) is 1. The van der Waals surface area contributed by atoms with E-state index < -0.39 is 5.79 Å². The number of ether oxygens (including phenoxy) is 2. The highest BCUT2D eigenvalue weighted by molar-refractivity contribution is 7.15. The van der Waals surface area contributed by atoms with Gasteiger partial charge < -0.3 is 14.4 Å². The summed E-state index contributed by atoms with van der Waals surface area (Å²) in [5, 5.41) is 3.59. The Morgan fingerprint density at radius 3 is 2.87 bits per heavy atom. The van der Waals surface area contributed by atoms with E-state index in [1.54, 1.807) is 0 Å². The van der Waals surface area contributed by atoms with Gasteiger partial charge in [0.25, 0.3) is 0 Å². The van der Waals surface area contributed by atoms with E-state index in [9.17, 15) is 4.79 Å². The van der Waals surface area contributed by atoms with Gasteiger partial charge in [0.05, 0.1) is 13.2 Å². The molecule has 2 fully saturated rings. The summed E-state index contributed by atoms with van der Waals surface area (Å²) in [5.74, 6) is 0.0893. The molecule has 0 radical (unpaired) electrons. The molecule has 1 atom stereocenters. The van der Waals surface area contributed by atoms with Crippen molar-refractivity contribution in [3.8, 4) is 0 Å². The van der Waals surface area contributed by atoms with Crippen LogP contribution in [0, 0.1) is 5.92 Å². The largest absolute Gasteiger partial charge is 0.347 e. The van der Waals surface area contributed by atoms with Crippen molar-refractivity contribution in [3.05, 3.63) is 11.1 Å². The van der Waals surface area contributed by atoms with Crippen LogP contribution in [0.5, 0.6) is 0 Å². The van der Waals surface area contributed by atoms with Crippen LogP contribution in [0.3, 0.4) is 0 Å². The number of carbonyl (C=O) groups is 1. The zero-order chi connectivity index (χ0) is 16.4. The van der Waals surface area contributed by atoms with Gasteiger partial charge in [-0.15, -0.1) is 11.3 Å². The van der Waals surface area contributed by atoms with Gasteiger partial charge in [-0.05, 0) is 25.7 Å². The summed E-state index contributed by atoms with van der Waals surface area (Å²) in [4.78, 5) is 19.8. The van der Waals surface area contributed by atoms with E-state index in [4.69, 9.17) is 9.47 Å². The van der Waals surface area contributed by atoms with E-state index in [2.05, 4.69) is 24.1 Å². The predicted molar refractivity (Wildman–Crippen MR) is 89.8 cm³/mol. The highest BCUT2D eigenvalue weighted by Gasteiger charge is 2.42. The Balaban J connectivity index is 1.60. The number of nitrogens with zero attached hydrogens (tertiary/aromatic N) is 2. The average Bonchev–Trinajstić information content (AvgIpc) is 3.17. The third-order valence-corrected chi connectivity index (χ3v) is 5.83. The first-order valence-corrected chi connectivity index (χ1v) is 9.09. The number of anilines is 1. The number of carbonyl (C=O) groups excluding carboxylic acids is 1. The molecule has 0 aromatic carbocycles. The molecule has 2 aliphatic heterocycles. The maximum absolute atomic E-state index is 12.5. The van der Waals surface area contributed by atoms with Crippen LogP contribution in [-0.4, -0.2) is 48.0 Å². The van der Waals surface area contributed by atoms with E-state index in [1.807, 2.05) is 18.0 Å². The zero-order valence-corrected chi connectivity index (χ0v) is 14.8. The van der Waals surface area contributed by atoms with Crippen LogP contribution in [0.15, 0.2) is 6.20 Å². The number of amides is 2. The van der Waals surface area contributed by atoms with Crippen LogP contribution >= 0.6 is 11.3 Å². The van der Waals surface area contributed by atoms with E-state index in [1.165, 1.54) is 16.2 Å². The van der Waals surface area contributed by atoms with Crippen LogP contribution in [0.2, 0.25) is 0 Å². The molecule has 2 saturated heterocycles. The smallest absolute Gasteiger partial charge is 0.323 e. The minimum Gasteiger partial charge on any atom is -0.347 e. The number of urea groups is 1. The fraction of sp³-hybridized carbons (Fsp3) is 0.750. The van der Waals surface area contributed by atoms with Crippen molar-refractivity contribution in [2.24, 2.45) is 5.92 Å². The summed E-state index contributed by atoms with van der Waals surface area (Å²) in [6.07, 6.45) is 3.83. The lowest BCUT2D eigenvalue weighted by molar-refractivity contribution is -0.189. The summed E-state index contributed by atoms with van der Waals surface area (Å²) in [6, 6.07) is -0.0825. The lowest BCUT2D eigenvalue weighted by Gasteiger charge is -2.39. The monoisotopic (exact) mass is 339 g/mol.